The van der Waals surface area contributed by atoms with Gasteiger partial charge in [0.25, 0.3) is 11.7 Å². The minimum absolute atomic E-state index is 0.166. The van der Waals surface area contributed by atoms with E-state index in [0.29, 0.717) is 39.0 Å². The van der Waals surface area contributed by atoms with Crippen molar-refractivity contribution in [2.45, 2.75) is 13.5 Å². The van der Waals surface area contributed by atoms with Gasteiger partial charge in [-0.05, 0) is 48.9 Å². The van der Waals surface area contributed by atoms with Crippen molar-refractivity contribution in [2.75, 3.05) is 19.1 Å². The fourth-order valence-electron chi connectivity index (χ4n) is 3.69. The van der Waals surface area contributed by atoms with Gasteiger partial charge in [-0.15, -0.1) is 0 Å². The van der Waals surface area contributed by atoms with Gasteiger partial charge in [-0.3, -0.25) is 9.59 Å². The Balaban J connectivity index is 1.77. The van der Waals surface area contributed by atoms with Gasteiger partial charge in [-0.1, -0.05) is 23.7 Å². The molecule has 0 saturated carbocycles. The highest BCUT2D eigenvalue weighted by molar-refractivity contribution is 6.49. The molecule has 0 aliphatic heterocycles. The lowest BCUT2D eigenvalue weighted by molar-refractivity contribution is -0.114. The molecule has 4 rings (SSSR count). The molecule has 0 radical (unpaired) electrons. The zero-order chi connectivity index (χ0) is 23.5. The molecule has 168 valence electrons. The van der Waals surface area contributed by atoms with E-state index >= 15 is 0 Å². The molecular formula is C25H22ClN3O4. The molecule has 0 fully saturated rings. The van der Waals surface area contributed by atoms with Crippen molar-refractivity contribution in [2.24, 2.45) is 0 Å². The number of H-pyrrole nitrogens is 1. The summed E-state index contributed by atoms with van der Waals surface area (Å²) in [4.78, 5) is 35.8. The summed E-state index contributed by atoms with van der Waals surface area (Å²) < 4.78 is 10.5. The quantitative estimate of drug-likeness (QED) is 0.309. The van der Waals surface area contributed by atoms with Crippen LogP contribution in [0, 0.1) is 6.92 Å². The highest BCUT2D eigenvalue weighted by Crippen LogP contribution is 2.29. The fourth-order valence-corrected chi connectivity index (χ4v) is 3.81. The van der Waals surface area contributed by atoms with Crippen LogP contribution in [0.4, 0.5) is 5.69 Å². The topological polar surface area (TPSA) is 84.5 Å². The minimum Gasteiger partial charge on any atom is -0.497 e. The Labute approximate surface area is 195 Å². The maximum atomic E-state index is 13.6. The summed E-state index contributed by atoms with van der Waals surface area (Å²) >= 11 is 6.01. The van der Waals surface area contributed by atoms with Gasteiger partial charge in [-0.2, -0.15) is 0 Å². The van der Waals surface area contributed by atoms with Crippen molar-refractivity contribution >= 4 is 39.9 Å². The number of fused-ring (bicyclic) bond motifs is 1. The van der Waals surface area contributed by atoms with Gasteiger partial charge in [0.1, 0.15) is 5.75 Å². The summed E-state index contributed by atoms with van der Waals surface area (Å²) in [6.45, 7) is 1.94. The van der Waals surface area contributed by atoms with E-state index in [9.17, 15) is 9.59 Å². The summed E-state index contributed by atoms with van der Waals surface area (Å²) in [6, 6.07) is 15.8. The Hall–Kier alpha value is -3.84. The third-order valence-electron chi connectivity index (χ3n) is 5.35. The van der Waals surface area contributed by atoms with Crippen LogP contribution in [0.15, 0.2) is 60.8 Å². The van der Waals surface area contributed by atoms with Crippen molar-refractivity contribution < 1.29 is 19.1 Å². The second-order valence-corrected chi connectivity index (χ2v) is 7.88. The molecule has 4 aromatic rings. The lowest BCUT2D eigenvalue weighted by atomic mass is 10.0. The Morgan fingerprint density at radius 2 is 1.79 bits per heavy atom. The number of aromatic nitrogens is 2. The number of carbonyl (C=O) groups excluding carboxylic acids is 2. The van der Waals surface area contributed by atoms with Crippen molar-refractivity contribution in [3.8, 4) is 11.6 Å². The normalized spacial score (nSPS) is 10.8. The number of pyridine rings is 1. The smallest absolute Gasteiger partial charge is 0.299 e. The highest BCUT2D eigenvalue weighted by Gasteiger charge is 2.29. The third kappa shape index (κ3) is 4.54. The summed E-state index contributed by atoms with van der Waals surface area (Å²) in [6.07, 6.45) is 1.53. The summed E-state index contributed by atoms with van der Waals surface area (Å²) in [5.74, 6) is -0.372. The van der Waals surface area contributed by atoms with E-state index in [0.717, 1.165) is 11.1 Å². The van der Waals surface area contributed by atoms with Crippen LogP contribution in [0.5, 0.6) is 11.6 Å². The van der Waals surface area contributed by atoms with E-state index in [1.807, 2.05) is 18.2 Å². The van der Waals surface area contributed by atoms with Crippen LogP contribution in [0.25, 0.3) is 10.9 Å². The van der Waals surface area contributed by atoms with E-state index in [2.05, 4.69) is 9.97 Å². The maximum absolute atomic E-state index is 13.6. The first-order chi connectivity index (χ1) is 15.9. The van der Waals surface area contributed by atoms with Crippen LogP contribution < -0.4 is 14.4 Å². The number of rotatable bonds is 7. The Morgan fingerprint density at radius 1 is 1.03 bits per heavy atom. The molecule has 0 spiro atoms. The van der Waals surface area contributed by atoms with E-state index < -0.39 is 11.7 Å². The van der Waals surface area contributed by atoms with E-state index in [4.69, 9.17) is 21.1 Å². The molecule has 2 aromatic carbocycles. The number of amides is 1. The van der Waals surface area contributed by atoms with Gasteiger partial charge >= 0.3 is 0 Å². The van der Waals surface area contributed by atoms with Gasteiger partial charge in [0.2, 0.25) is 5.88 Å². The van der Waals surface area contributed by atoms with E-state index in [1.165, 1.54) is 18.2 Å². The molecule has 0 unspecified atom stereocenters. The Kier molecular flexibility index (Phi) is 6.33. The van der Waals surface area contributed by atoms with Crippen LogP contribution in [0.1, 0.15) is 21.6 Å². The number of anilines is 1. The number of halogens is 1. The molecule has 1 N–H and O–H groups in total. The lowest BCUT2D eigenvalue weighted by Crippen LogP contribution is -2.36. The van der Waals surface area contributed by atoms with E-state index in [-0.39, 0.29) is 6.54 Å². The summed E-state index contributed by atoms with van der Waals surface area (Å²) in [5, 5.41) is 1.21. The van der Waals surface area contributed by atoms with Crippen molar-refractivity contribution in [1.29, 1.82) is 0 Å². The molecule has 2 aromatic heterocycles. The minimum atomic E-state index is -0.676. The SMILES string of the molecule is COc1ccc2[nH]c(C)c(C(=O)C(=O)N(Cc3ccc(Cl)cc3)c3ccnc(OC)c3)c2c1. The van der Waals surface area contributed by atoms with Gasteiger partial charge in [0.15, 0.2) is 0 Å². The van der Waals surface area contributed by atoms with Crippen LogP contribution in [-0.4, -0.2) is 35.9 Å². The Bertz CT molecular complexity index is 1330. The number of methoxy groups -OCH3 is 2. The standard InChI is InChI=1S/C25H22ClN3O4/c1-15-23(20-13-19(32-2)8-9-21(20)28-15)24(30)25(31)29(14-16-4-6-17(26)7-5-16)18-10-11-27-22(12-18)33-3/h4-13,28H,14H2,1-3H3. The van der Waals surface area contributed by atoms with Crippen molar-refractivity contribution in [3.63, 3.8) is 0 Å². The fraction of sp³-hybridized carbons (Fsp3) is 0.160. The van der Waals surface area contributed by atoms with Gasteiger partial charge in [0, 0.05) is 33.9 Å². The predicted octanol–water partition coefficient (Wildman–Crippen LogP) is 4.96. The van der Waals surface area contributed by atoms with Crippen LogP contribution >= 0.6 is 11.6 Å². The van der Waals surface area contributed by atoms with Crippen LogP contribution in [0.2, 0.25) is 5.02 Å². The first-order valence-electron chi connectivity index (χ1n) is 10.2. The number of aromatic amines is 1. The monoisotopic (exact) mass is 463 g/mol. The predicted molar refractivity (Wildman–Crippen MR) is 127 cm³/mol. The number of nitrogens with zero attached hydrogens (tertiary/aromatic N) is 2. The molecular weight excluding hydrogens is 442 g/mol. The average molecular weight is 464 g/mol. The molecule has 0 aliphatic carbocycles. The van der Waals surface area contributed by atoms with E-state index in [1.54, 1.807) is 50.4 Å². The number of aryl methyl sites for hydroxylation is 1. The summed E-state index contributed by atoms with van der Waals surface area (Å²) in [7, 11) is 3.04. The van der Waals surface area contributed by atoms with Gasteiger partial charge in [0.05, 0.1) is 32.0 Å². The number of ketones is 1. The molecule has 33 heavy (non-hydrogen) atoms. The zero-order valence-corrected chi connectivity index (χ0v) is 19.1. The number of benzene rings is 2. The molecule has 0 bridgehead atoms. The first kappa shape index (κ1) is 22.4. The third-order valence-corrected chi connectivity index (χ3v) is 5.60. The van der Waals surface area contributed by atoms with Gasteiger partial charge in [-0.25, -0.2) is 4.98 Å². The van der Waals surface area contributed by atoms with Gasteiger partial charge < -0.3 is 19.4 Å². The van der Waals surface area contributed by atoms with Crippen LogP contribution in [0.3, 0.4) is 0 Å². The number of hydrogen-bond donors (Lipinski definition) is 1. The second kappa shape index (κ2) is 9.34. The molecule has 2 heterocycles. The first-order valence-corrected chi connectivity index (χ1v) is 10.6. The molecule has 0 aliphatic rings. The number of Topliss-reactive ketones (excluding diaryl/α,β-unsaturated/α-hetero) is 1. The molecule has 8 heteroatoms. The lowest BCUT2D eigenvalue weighted by Gasteiger charge is -2.23. The van der Waals surface area contributed by atoms with Crippen molar-refractivity contribution in [1.82, 2.24) is 9.97 Å². The number of carbonyl (C=O) groups is 2. The Morgan fingerprint density at radius 3 is 2.48 bits per heavy atom. The number of hydrogen-bond acceptors (Lipinski definition) is 5. The molecule has 1 amide bonds. The summed E-state index contributed by atoms with van der Waals surface area (Å²) in [5.41, 5.74) is 2.98. The molecule has 0 saturated heterocycles. The maximum Gasteiger partial charge on any atom is 0.299 e. The van der Waals surface area contributed by atoms with Crippen molar-refractivity contribution in [3.05, 3.63) is 82.6 Å². The molecule has 7 nitrogen and oxygen atoms in total. The number of ether oxygens (including phenoxy) is 2. The molecule has 0 atom stereocenters. The second-order valence-electron chi connectivity index (χ2n) is 7.44. The zero-order valence-electron chi connectivity index (χ0n) is 18.4. The number of nitrogens with one attached hydrogen (secondary N) is 1. The average Bonchev–Trinajstić information content (AvgIpc) is 3.17. The highest BCUT2D eigenvalue weighted by atomic mass is 35.5. The van der Waals surface area contributed by atoms with Crippen LogP contribution in [-0.2, 0) is 11.3 Å². The largest absolute Gasteiger partial charge is 0.497 e.